The molecule has 0 aliphatic rings. The molecule has 2 rings (SSSR count). The van der Waals surface area contributed by atoms with Gasteiger partial charge in [-0.05, 0) is 64.1 Å². The van der Waals surface area contributed by atoms with Crippen LogP contribution in [-0.2, 0) is 4.74 Å². The predicted octanol–water partition coefficient (Wildman–Crippen LogP) is 3.25. The van der Waals surface area contributed by atoms with Gasteiger partial charge in [0.2, 0.25) is 0 Å². The predicted molar refractivity (Wildman–Crippen MR) is 123 cm³/mol. The quantitative estimate of drug-likeness (QED) is 0.483. The second kappa shape index (κ2) is 11.5. The van der Waals surface area contributed by atoms with E-state index in [4.69, 9.17) is 14.2 Å². The number of β-amino-alcohol motifs (C(OH)–C–C–N with tert-alkyl or cyclic N) is 1. The monoisotopic (exact) mass is 444 g/mol. The Balaban J connectivity index is 2.14. The fourth-order valence-electron chi connectivity index (χ4n) is 2.74. The van der Waals surface area contributed by atoms with Crippen molar-refractivity contribution < 1.29 is 28.9 Å². The summed E-state index contributed by atoms with van der Waals surface area (Å²) in [6.07, 6.45) is -0.767. The molecule has 0 saturated carbocycles. The highest BCUT2D eigenvalue weighted by Crippen LogP contribution is 2.25. The molecule has 0 aliphatic heterocycles. The first-order valence-electron chi connectivity index (χ1n) is 10.5. The summed E-state index contributed by atoms with van der Waals surface area (Å²) < 4.78 is 16.0. The molecule has 0 aromatic heterocycles. The van der Waals surface area contributed by atoms with Crippen molar-refractivity contribution in [3.05, 3.63) is 53.6 Å². The van der Waals surface area contributed by atoms with Gasteiger partial charge in [-0.1, -0.05) is 6.07 Å². The smallest absolute Gasteiger partial charge is 0.341 e. The molecule has 0 saturated heterocycles. The molecule has 0 fully saturated rings. The number of ether oxygens (including phenoxy) is 3. The molecule has 0 spiro atoms. The Hall–Kier alpha value is -3.10. The van der Waals surface area contributed by atoms with E-state index in [1.54, 1.807) is 43.3 Å². The van der Waals surface area contributed by atoms with E-state index in [0.29, 0.717) is 23.5 Å². The number of benzene rings is 2. The van der Waals surface area contributed by atoms with E-state index in [1.165, 1.54) is 13.2 Å². The first-order valence-corrected chi connectivity index (χ1v) is 10.5. The lowest BCUT2D eigenvalue weighted by Gasteiger charge is -2.23. The molecule has 0 bridgehead atoms. The van der Waals surface area contributed by atoms with Crippen LogP contribution in [0.5, 0.6) is 11.5 Å². The third-order valence-corrected chi connectivity index (χ3v) is 4.36. The summed E-state index contributed by atoms with van der Waals surface area (Å²) in [5.74, 6) is -0.107. The van der Waals surface area contributed by atoms with E-state index in [9.17, 15) is 14.7 Å². The third kappa shape index (κ3) is 7.86. The normalized spacial score (nSPS) is 12.1. The molecule has 0 aliphatic carbocycles. The Morgan fingerprint density at radius 3 is 2.53 bits per heavy atom. The lowest BCUT2D eigenvalue weighted by atomic mass is 10.1. The zero-order chi connectivity index (χ0) is 23.7. The Morgan fingerprint density at radius 1 is 1.12 bits per heavy atom. The van der Waals surface area contributed by atoms with Crippen LogP contribution in [0.25, 0.3) is 0 Å². The Morgan fingerprint density at radius 2 is 1.88 bits per heavy atom. The van der Waals surface area contributed by atoms with Crippen LogP contribution in [0.4, 0.5) is 5.69 Å². The highest BCUT2D eigenvalue weighted by Gasteiger charge is 2.18. The van der Waals surface area contributed by atoms with Crippen LogP contribution in [0.1, 0.15) is 48.4 Å². The van der Waals surface area contributed by atoms with Crippen molar-refractivity contribution in [2.75, 3.05) is 32.2 Å². The fourth-order valence-corrected chi connectivity index (χ4v) is 2.74. The van der Waals surface area contributed by atoms with Gasteiger partial charge < -0.3 is 30.0 Å². The van der Waals surface area contributed by atoms with E-state index in [-0.39, 0.29) is 36.0 Å². The average molecular weight is 445 g/mol. The van der Waals surface area contributed by atoms with Gasteiger partial charge in [0.1, 0.15) is 29.8 Å². The summed E-state index contributed by atoms with van der Waals surface area (Å²) in [5.41, 5.74) is 0.839. The number of methoxy groups -OCH3 is 1. The van der Waals surface area contributed by atoms with Crippen LogP contribution in [0.2, 0.25) is 0 Å². The SMILES string of the molecule is CCOC(=O)c1cc(NC(=O)c2cccc(OC)c2)ccc1OCC(O)CNC(C)(C)C. The van der Waals surface area contributed by atoms with Gasteiger partial charge >= 0.3 is 5.97 Å². The molecular formula is C24H32N2O6. The summed E-state index contributed by atoms with van der Waals surface area (Å²) in [5, 5.41) is 16.1. The van der Waals surface area contributed by atoms with Gasteiger partial charge in [0.15, 0.2) is 0 Å². The van der Waals surface area contributed by atoms with Gasteiger partial charge in [0.05, 0.1) is 13.7 Å². The maximum Gasteiger partial charge on any atom is 0.341 e. The van der Waals surface area contributed by atoms with Crippen molar-refractivity contribution in [2.24, 2.45) is 0 Å². The topological polar surface area (TPSA) is 106 Å². The van der Waals surface area contributed by atoms with E-state index < -0.39 is 12.1 Å². The number of carbonyl (C=O) groups is 2. The fraction of sp³-hybridized carbons (Fsp3) is 0.417. The minimum Gasteiger partial charge on any atom is -0.497 e. The number of amides is 1. The van der Waals surface area contributed by atoms with Gasteiger partial charge in [-0.3, -0.25) is 4.79 Å². The summed E-state index contributed by atoms with van der Waals surface area (Å²) >= 11 is 0. The summed E-state index contributed by atoms with van der Waals surface area (Å²) in [6, 6.07) is 11.4. The van der Waals surface area contributed by atoms with Crippen LogP contribution in [0.15, 0.2) is 42.5 Å². The van der Waals surface area contributed by atoms with Crippen molar-refractivity contribution in [2.45, 2.75) is 39.3 Å². The maximum atomic E-state index is 12.6. The molecule has 3 N–H and O–H groups in total. The molecule has 0 radical (unpaired) electrons. The molecule has 32 heavy (non-hydrogen) atoms. The number of nitrogens with one attached hydrogen (secondary N) is 2. The number of aliphatic hydroxyl groups is 1. The van der Waals surface area contributed by atoms with Crippen molar-refractivity contribution in [3.8, 4) is 11.5 Å². The van der Waals surface area contributed by atoms with Crippen LogP contribution >= 0.6 is 0 Å². The Bertz CT molecular complexity index is 923. The average Bonchev–Trinajstić information content (AvgIpc) is 2.76. The van der Waals surface area contributed by atoms with E-state index in [1.807, 2.05) is 20.8 Å². The Labute approximate surface area is 188 Å². The molecule has 2 aromatic rings. The molecule has 1 atom stereocenters. The number of anilines is 1. The van der Waals surface area contributed by atoms with Crippen molar-refractivity contribution in [1.29, 1.82) is 0 Å². The van der Waals surface area contributed by atoms with E-state index >= 15 is 0 Å². The zero-order valence-corrected chi connectivity index (χ0v) is 19.2. The summed E-state index contributed by atoms with van der Waals surface area (Å²) in [4.78, 5) is 25.0. The second-order valence-corrected chi connectivity index (χ2v) is 8.21. The number of hydrogen-bond acceptors (Lipinski definition) is 7. The second-order valence-electron chi connectivity index (χ2n) is 8.21. The van der Waals surface area contributed by atoms with Gasteiger partial charge in [0, 0.05) is 23.3 Å². The molecule has 8 heteroatoms. The lowest BCUT2D eigenvalue weighted by Crippen LogP contribution is -2.42. The molecule has 8 nitrogen and oxygen atoms in total. The van der Waals surface area contributed by atoms with Crippen LogP contribution in [0.3, 0.4) is 0 Å². The lowest BCUT2D eigenvalue weighted by molar-refractivity contribution is 0.0515. The van der Waals surface area contributed by atoms with Gasteiger partial charge in [0.25, 0.3) is 5.91 Å². The maximum absolute atomic E-state index is 12.6. The standard InChI is InChI=1S/C24H32N2O6/c1-6-31-23(29)20-13-17(26-22(28)16-8-7-9-19(12-16)30-5)10-11-21(20)32-15-18(27)14-25-24(2,3)4/h7-13,18,25,27H,6,14-15H2,1-5H3,(H,26,28). The molecule has 174 valence electrons. The molecule has 0 heterocycles. The van der Waals surface area contributed by atoms with Crippen molar-refractivity contribution >= 4 is 17.6 Å². The van der Waals surface area contributed by atoms with E-state index in [0.717, 1.165) is 0 Å². The number of aliphatic hydroxyl groups excluding tert-OH is 1. The molecule has 2 aromatic carbocycles. The summed E-state index contributed by atoms with van der Waals surface area (Å²) in [6.45, 7) is 8.22. The van der Waals surface area contributed by atoms with Gasteiger partial charge in [-0.2, -0.15) is 0 Å². The summed E-state index contributed by atoms with van der Waals surface area (Å²) in [7, 11) is 1.53. The highest BCUT2D eigenvalue weighted by atomic mass is 16.5. The first-order chi connectivity index (χ1) is 15.1. The van der Waals surface area contributed by atoms with Crippen molar-refractivity contribution in [3.63, 3.8) is 0 Å². The molecule has 1 unspecified atom stereocenters. The van der Waals surface area contributed by atoms with Crippen LogP contribution in [-0.4, -0.2) is 55.5 Å². The van der Waals surface area contributed by atoms with Gasteiger partial charge in [-0.25, -0.2) is 4.79 Å². The number of hydrogen-bond donors (Lipinski definition) is 3. The first kappa shape index (κ1) is 25.2. The number of esters is 1. The number of rotatable bonds is 10. The highest BCUT2D eigenvalue weighted by molar-refractivity contribution is 6.05. The third-order valence-electron chi connectivity index (χ3n) is 4.36. The zero-order valence-electron chi connectivity index (χ0n) is 19.2. The van der Waals surface area contributed by atoms with Crippen molar-refractivity contribution in [1.82, 2.24) is 5.32 Å². The minimum absolute atomic E-state index is 0.00893. The van der Waals surface area contributed by atoms with Crippen LogP contribution in [0, 0.1) is 0 Å². The largest absolute Gasteiger partial charge is 0.497 e. The molecular weight excluding hydrogens is 412 g/mol. The number of carbonyl (C=O) groups excluding carboxylic acids is 2. The van der Waals surface area contributed by atoms with Crippen LogP contribution < -0.4 is 20.1 Å². The molecule has 1 amide bonds. The van der Waals surface area contributed by atoms with Gasteiger partial charge in [-0.15, -0.1) is 0 Å². The Kier molecular flexibility index (Phi) is 9.04. The minimum atomic E-state index is -0.767. The van der Waals surface area contributed by atoms with E-state index in [2.05, 4.69) is 10.6 Å².